The van der Waals surface area contributed by atoms with Crippen LogP contribution >= 0.6 is 11.3 Å². The highest BCUT2D eigenvalue weighted by atomic mass is 32.1. The zero-order chi connectivity index (χ0) is 30.1. The molecule has 5 rings (SSSR count). The molecule has 0 fully saturated rings. The van der Waals surface area contributed by atoms with Gasteiger partial charge in [0.05, 0.1) is 44.2 Å². The molecule has 5 heterocycles. The number of carbonyl (C=O) groups excluding carboxylic acids is 2. The first-order valence-corrected chi connectivity index (χ1v) is 12.7. The van der Waals surface area contributed by atoms with Crippen molar-refractivity contribution in [3.05, 3.63) is 41.1 Å². The monoisotopic (exact) mass is 593 g/mol. The van der Waals surface area contributed by atoms with Crippen molar-refractivity contribution >= 4 is 52.1 Å². The third kappa shape index (κ3) is 5.00. The number of nitrogens with zero attached hydrogens (tertiary/aromatic N) is 14. The van der Waals surface area contributed by atoms with Crippen LogP contribution in [0.5, 0.6) is 0 Å². The third-order valence-corrected chi connectivity index (χ3v) is 6.73. The van der Waals surface area contributed by atoms with E-state index in [0.29, 0.717) is 27.3 Å². The highest BCUT2D eigenvalue weighted by Gasteiger charge is 2.21. The Kier molecular flexibility index (Phi) is 7.35. The molecule has 5 aromatic rings. The lowest BCUT2D eigenvalue weighted by molar-refractivity contribution is 0.0592. The van der Waals surface area contributed by atoms with Gasteiger partial charge in [0.1, 0.15) is 16.8 Å². The first-order chi connectivity index (χ1) is 20.1. The van der Waals surface area contributed by atoms with Crippen LogP contribution in [0, 0.1) is 13.8 Å². The van der Waals surface area contributed by atoms with E-state index in [-0.39, 0.29) is 34.3 Å². The number of ether oxygens (including phenoxy) is 2. The van der Waals surface area contributed by atoms with Gasteiger partial charge in [-0.1, -0.05) is 11.3 Å². The molecule has 0 amide bonds. The van der Waals surface area contributed by atoms with Gasteiger partial charge in [0.2, 0.25) is 10.3 Å². The summed E-state index contributed by atoms with van der Waals surface area (Å²) in [6.45, 7) is 3.45. The lowest BCUT2D eigenvalue weighted by atomic mass is 10.3. The van der Waals surface area contributed by atoms with Gasteiger partial charge in [-0.25, -0.2) is 23.6 Å². The summed E-state index contributed by atoms with van der Waals surface area (Å²) in [5.41, 5.74) is 8.40. The molecule has 0 aliphatic rings. The van der Waals surface area contributed by atoms with E-state index in [9.17, 15) is 9.59 Å². The SMILES string of the molecule is COC(=O)c1cnn(C)c1N=Nc1cn(-c2nnc(-n3nc(C)c(N=Nc4c(C(=O)OC)cnn4C)c3N)s2)nc1C. The lowest BCUT2D eigenvalue weighted by Crippen LogP contribution is -2.01. The summed E-state index contributed by atoms with van der Waals surface area (Å²) in [6.07, 6.45) is 4.31. The second-order valence-corrected chi connectivity index (χ2v) is 9.47. The minimum atomic E-state index is -0.597. The Bertz CT molecular complexity index is 1870. The van der Waals surface area contributed by atoms with Crippen LogP contribution in [0.2, 0.25) is 0 Å². The van der Waals surface area contributed by atoms with Crippen molar-refractivity contribution in [3.8, 4) is 10.3 Å². The zero-order valence-electron chi connectivity index (χ0n) is 23.1. The van der Waals surface area contributed by atoms with Gasteiger partial charge < -0.3 is 15.2 Å². The standard InChI is InChI=1S/C22H23N15O4S/c1-10-14(26-28-17-12(19(38)40-5)7-24-34(17)3)9-36(32-10)21-30-31-22(42-21)37-16(23)15(11(2)33-37)27-29-18-13(20(39)41-6)8-25-35(18)4/h7-9H,23H2,1-6H3. The molecule has 20 heteroatoms. The number of hydrogen-bond donors (Lipinski definition) is 1. The minimum Gasteiger partial charge on any atom is -0.465 e. The van der Waals surface area contributed by atoms with E-state index in [1.807, 2.05) is 0 Å². The molecule has 42 heavy (non-hydrogen) atoms. The normalized spacial score (nSPS) is 11.7. The van der Waals surface area contributed by atoms with Crippen LogP contribution < -0.4 is 5.73 Å². The Morgan fingerprint density at radius 3 is 2.00 bits per heavy atom. The van der Waals surface area contributed by atoms with Crippen molar-refractivity contribution in [2.45, 2.75) is 13.8 Å². The van der Waals surface area contributed by atoms with Crippen LogP contribution in [0.1, 0.15) is 32.1 Å². The van der Waals surface area contributed by atoms with Crippen molar-refractivity contribution in [2.24, 2.45) is 34.6 Å². The molecular weight excluding hydrogens is 570 g/mol. The van der Waals surface area contributed by atoms with Gasteiger partial charge in [-0.3, -0.25) is 0 Å². The molecule has 0 atom stereocenters. The maximum atomic E-state index is 12.0. The highest BCUT2D eigenvalue weighted by molar-refractivity contribution is 7.16. The fraction of sp³-hybridized carbons (Fsp3) is 0.273. The molecular formula is C22H23N15O4S. The maximum Gasteiger partial charge on any atom is 0.343 e. The van der Waals surface area contributed by atoms with Gasteiger partial charge in [0, 0.05) is 14.1 Å². The number of aryl methyl sites for hydroxylation is 4. The fourth-order valence-electron chi connectivity index (χ4n) is 3.65. The molecule has 0 bridgehead atoms. The van der Waals surface area contributed by atoms with Crippen LogP contribution in [-0.4, -0.2) is 75.5 Å². The number of rotatable bonds is 8. The number of nitrogens with two attached hydrogens (primary N) is 1. The zero-order valence-corrected chi connectivity index (χ0v) is 23.9. The van der Waals surface area contributed by atoms with Crippen molar-refractivity contribution in [3.63, 3.8) is 0 Å². The van der Waals surface area contributed by atoms with Crippen LogP contribution in [0.25, 0.3) is 10.3 Å². The Morgan fingerprint density at radius 1 is 0.833 bits per heavy atom. The largest absolute Gasteiger partial charge is 0.465 e. The molecule has 0 radical (unpaired) electrons. The predicted octanol–water partition coefficient (Wildman–Crippen LogP) is 2.98. The van der Waals surface area contributed by atoms with Gasteiger partial charge in [0.15, 0.2) is 23.1 Å². The predicted molar refractivity (Wildman–Crippen MR) is 145 cm³/mol. The highest BCUT2D eigenvalue weighted by Crippen LogP contribution is 2.33. The summed E-state index contributed by atoms with van der Waals surface area (Å²) in [5, 5.41) is 42.8. The maximum absolute atomic E-state index is 12.0. The van der Waals surface area contributed by atoms with Crippen molar-refractivity contribution in [2.75, 3.05) is 20.0 Å². The van der Waals surface area contributed by atoms with Gasteiger partial charge in [0.25, 0.3) is 0 Å². The lowest BCUT2D eigenvalue weighted by Gasteiger charge is -1.99. The molecule has 0 saturated heterocycles. The number of methoxy groups -OCH3 is 2. The van der Waals surface area contributed by atoms with Crippen molar-refractivity contribution in [1.29, 1.82) is 0 Å². The summed E-state index contributed by atoms with van der Waals surface area (Å²) in [5.74, 6) is -0.593. The van der Waals surface area contributed by atoms with Crippen LogP contribution in [0.3, 0.4) is 0 Å². The van der Waals surface area contributed by atoms with Gasteiger partial charge >= 0.3 is 11.9 Å². The van der Waals surface area contributed by atoms with Gasteiger partial charge in [-0.15, -0.1) is 30.7 Å². The molecule has 0 aliphatic carbocycles. The fourth-order valence-corrected chi connectivity index (χ4v) is 4.38. The van der Waals surface area contributed by atoms with E-state index in [0.717, 1.165) is 11.3 Å². The second-order valence-electron chi connectivity index (χ2n) is 8.54. The molecule has 19 nitrogen and oxygen atoms in total. The molecule has 216 valence electrons. The molecule has 0 saturated carbocycles. The number of anilines is 1. The Balaban J connectivity index is 1.40. The Labute approximate surface area is 240 Å². The van der Waals surface area contributed by atoms with E-state index in [1.165, 1.54) is 45.3 Å². The van der Waals surface area contributed by atoms with E-state index >= 15 is 0 Å². The first-order valence-electron chi connectivity index (χ1n) is 11.9. The molecule has 0 aromatic carbocycles. The summed E-state index contributed by atoms with van der Waals surface area (Å²) in [6, 6.07) is 0. The molecule has 0 aliphatic heterocycles. The number of esters is 2. The number of carbonyl (C=O) groups is 2. The molecule has 2 N–H and O–H groups in total. The summed E-state index contributed by atoms with van der Waals surface area (Å²) in [4.78, 5) is 24.0. The summed E-state index contributed by atoms with van der Waals surface area (Å²) >= 11 is 1.16. The average Bonchev–Trinajstić information content (AvgIpc) is 3.79. The molecule has 0 spiro atoms. The Hall–Kier alpha value is -5.66. The quantitative estimate of drug-likeness (QED) is 0.203. The second kappa shape index (κ2) is 11.1. The summed E-state index contributed by atoms with van der Waals surface area (Å²) < 4.78 is 15.2. The number of nitrogen functional groups attached to an aromatic ring is 1. The Morgan fingerprint density at radius 2 is 1.40 bits per heavy atom. The van der Waals surface area contributed by atoms with Crippen LogP contribution in [0.15, 0.2) is 39.0 Å². The molecule has 5 aromatic heterocycles. The minimum absolute atomic E-state index is 0.152. The van der Waals surface area contributed by atoms with Crippen molar-refractivity contribution in [1.82, 2.24) is 49.3 Å². The average molecular weight is 594 g/mol. The number of hydrogen-bond acceptors (Lipinski definition) is 16. The van der Waals surface area contributed by atoms with Gasteiger partial charge in [-0.2, -0.15) is 25.1 Å². The summed E-state index contributed by atoms with van der Waals surface area (Å²) in [7, 11) is 5.78. The van der Waals surface area contributed by atoms with E-state index in [1.54, 1.807) is 34.1 Å². The first kappa shape index (κ1) is 27.9. The van der Waals surface area contributed by atoms with Crippen LogP contribution in [0.4, 0.5) is 28.8 Å². The number of aromatic nitrogens is 10. The van der Waals surface area contributed by atoms with E-state index < -0.39 is 11.9 Å². The topological polar surface area (TPSA) is 225 Å². The smallest absolute Gasteiger partial charge is 0.343 e. The van der Waals surface area contributed by atoms with Crippen molar-refractivity contribution < 1.29 is 19.1 Å². The van der Waals surface area contributed by atoms with E-state index in [4.69, 9.17) is 15.2 Å². The third-order valence-electron chi connectivity index (χ3n) is 5.84. The molecule has 0 unspecified atom stereocenters. The van der Waals surface area contributed by atoms with Gasteiger partial charge in [-0.05, 0) is 13.8 Å². The van der Waals surface area contributed by atoms with E-state index in [2.05, 4.69) is 51.0 Å². The number of azo groups is 2. The van der Waals surface area contributed by atoms with Crippen LogP contribution in [-0.2, 0) is 23.6 Å².